The Morgan fingerprint density at radius 1 is 1.33 bits per heavy atom. The smallest absolute Gasteiger partial charge is 0.253 e. The van der Waals surface area contributed by atoms with Crippen molar-refractivity contribution in [3.05, 3.63) is 23.5 Å². The fourth-order valence-electron chi connectivity index (χ4n) is 2.49. The molecule has 2 aromatic rings. The fraction of sp³-hybridized carbons (Fsp3) is 0.611. The van der Waals surface area contributed by atoms with E-state index in [0.717, 1.165) is 42.6 Å². The lowest BCUT2D eigenvalue weighted by molar-refractivity contribution is 0.0939. The maximum absolute atomic E-state index is 12.4. The van der Waals surface area contributed by atoms with Crippen LogP contribution in [-0.2, 0) is 4.74 Å². The van der Waals surface area contributed by atoms with Crippen LogP contribution in [0.2, 0.25) is 0 Å². The van der Waals surface area contributed by atoms with Gasteiger partial charge in [0.05, 0.1) is 17.5 Å². The SMILES string of the molecule is CCCCOCCCNC(=O)c1cc2cnn(C(C)C)c2nc1C. The Morgan fingerprint density at radius 2 is 2.08 bits per heavy atom. The lowest BCUT2D eigenvalue weighted by Crippen LogP contribution is -2.26. The number of nitrogens with one attached hydrogen (secondary N) is 1. The number of fused-ring (bicyclic) bond motifs is 1. The largest absolute Gasteiger partial charge is 0.381 e. The van der Waals surface area contributed by atoms with Crippen LogP contribution in [-0.4, -0.2) is 40.4 Å². The summed E-state index contributed by atoms with van der Waals surface area (Å²) in [4.78, 5) is 16.9. The Balaban J connectivity index is 1.94. The van der Waals surface area contributed by atoms with Crippen LogP contribution in [0.25, 0.3) is 11.0 Å². The quantitative estimate of drug-likeness (QED) is 0.716. The van der Waals surface area contributed by atoms with Crippen molar-refractivity contribution < 1.29 is 9.53 Å². The monoisotopic (exact) mass is 332 g/mol. The van der Waals surface area contributed by atoms with Crippen molar-refractivity contribution in [2.24, 2.45) is 0 Å². The van der Waals surface area contributed by atoms with Crippen molar-refractivity contribution in [2.45, 2.75) is 53.0 Å². The van der Waals surface area contributed by atoms with Crippen LogP contribution in [0, 0.1) is 6.92 Å². The topological polar surface area (TPSA) is 69.0 Å². The highest BCUT2D eigenvalue weighted by Crippen LogP contribution is 2.19. The fourth-order valence-corrected chi connectivity index (χ4v) is 2.49. The van der Waals surface area contributed by atoms with Gasteiger partial charge in [-0.25, -0.2) is 9.67 Å². The van der Waals surface area contributed by atoms with Gasteiger partial charge in [-0.05, 0) is 39.7 Å². The van der Waals surface area contributed by atoms with E-state index >= 15 is 0 Å². The maximum atomic E-state index is 12.4. The molecule has 0 unspecified atom stereocenters. The second-order valence-electron chi connectivity index (χ2n) is 6.29. The summed E-state index contributed by atoms with van der Waals surface area (Å²) in [5, 5.41) is 8.18. The molecule has 2 rings (SSSR count). The third kappa shape index (κ3) is 4.54. The molecule has 0 spiro atoms. The van der Waals surface area contributed by atoms with Crippen molar-refractivity contribution in [3.8, 4) is 0 Å². The molecule has 1 amide bonds. The lowest BCUT2D eigenvalue weighted by Gasteiger charge is -2.10. The Hall–Kier alpha value is -1.95. The van der Waals surface area contributed by atoms with Gasteiger partial charge in [-0.15, -0.1) is 0 Å². The van der Waals surface area contributed by atoms with Gasteiger partial charge in [0.2, 0.25) is 0 Å². The van der Waals surface area contributed by atoms with E-state index in [1.807, 2.05) is 17.7 Å². The number of nitrogens with zero attached hydrogens (tertiary/aromatic N) is 3. The molecule has 6 nitrogen and oxygen atoms in total. The van der Waals surface area contributed by atoms with Crippen LogP contribution in [0.15, 0.2) is 12.3 Å². The molecular weight excluding hydrogens is 304 g/mol. The molecule has 6 heteroatoms. The van der Waals surface area contributed by atoms with E-state index in [9.17, 15) is 4.79 Å². The zero-order chi connectivity index (χ0) is 17.5. The molecule has 0 aliphatic heterocycles. The molecule has 0 aromatic carbocycles. The number of rotatable bonds is 9. The summed E-state index contributed by atoms with van der Waals surface area (Å²) in [7, 11) is 0. The van der Waals surface area contributed by atoms with E-state index in [4.69, 9.17) is 4.74 Å². The molecule has 24 heavy (non-hydrogen) atoms. The van der Waals surface area contributed by atoms with Crippen LogP contribution in [0.3, 0.4) is 0 Å². The first-order valence-corrected chi connectivity index (χ1v) is 8.75. The van der Waals surface area contributed by atoms with E-state index in [-0.39, 0.29) is 11.9 Å². The average molecular weight is 332 g/mol. The minimum Gasteiger partial charge on any atom is -0.381 e. The normalized spacial score (nSPS) is 11.4. The van der Waals surface area contributed by atoms with Crippen molar-refractivity contribution in [1.82, 2.24) is 20.1 Å². The standard InChI is InChI=1S/C18H28N4O2/c1-5-6-9-24-10-7-8-19-18(23)16-11-15-12-20-22(13(2)3)17(15)21-14(16)4/h11-13H,5-10H2,1-4H3,(H,19,23). The lowest BCUT2D eigenvalue weighted by atomic mass is 10.1. The average Bonchev–Trinajstić information content (AvgIpc) is 2.96. The number of ether oxygens (including phenoxy) is 1. The molecule has 2 aromatic heterocycles. The van der Waals surface area contributed by atoms with Gasteiger partial charge >= 0.3 is 0 Å². The summed E-state index contributed by atoms with van der Waals surface area (Å²) >= 11 is 0. The molecule has 132 valence electrons. The highest BCUT2D eigenvalue weighted by Gasteiger charge is 2.14. The van der Waals surface area contributed by atoms with Gasteiger partial charge in [-0.3, -0.25) is 4.79 Å². The van der Waals surface area contributed by atoms with Gasteiger partial charge in [0, 0.05) is 31.2 Å². The highest BCUT2D eigenvalue weighted by molar-refractivity contribution is 5.98. The van der Waals surface area contributed by atoms with Crippen LogP contribution in [0.1, 0.15) is 62.1 Å². The number of hydrogen-bond donors (Lipinski definition) is 1. The Bertz CT molecular complexity index is 679. The van der Waals surface area contributed by atoms with Crippen LogP contribution in [0.4, 0.5) is 0 Å². The molecule has 0 saturated heterocycles. The van der Waals surface area contributed by atoms with Crippen molar-refractivity contribution >= 4 is 16.9 Å². The van der Waals surface area contributed by atoms with Gasteiger partial charge in [-0.1, -0.05) is 13.3 Å². The molecule has 0 radical (unpaired) electrons. The van der Waals surface area contributed by atoms with Gasteiger partial charge in [0.25, 0.3) is 5.91 Å². The van der Waals surface area contributed by atoms with E-state index in [2.05, 4.69) is 36.2 Å². The number of aromatic nitrogens is 3. The number of pyridine rings is 1. The Kier molecular flexibility index (Phi) is 6.73. The number of carbonyl (C=O) groups is 1. The molecule has 0 aliphatic carbocycles. The molecule has 2 heterocycles. The third-order valence-electron chi connectivity index (χ3n) is 3.89. The van der Waals surface area contributed by atoms with Gasteiger partial charge < -0.3 is 10.1 Å². The number of aryl methyl sites for hydroxylation is 1. The van der Waals surface area contributed by atoms with Crippen molar-refractivity contribution in [2.75, 3.05) is 19.8 Å². The third-order valence-corrected chi connectivity index (χ3v) is 3.89. The molecule has 0 saturated carbocycles. The van der Waals surface area contributed by atoms with E-state index in [1.54, 1.807) is 6.20 Å². The molecule has 0 fully saturated rings. The molecule has 1 N–H and O–H groups in total. The summed E-state index contributed by atoms with van der Waals surface area (Å²) in [6.07, 6.45) is 4.80. The first kappa shape index (κ1) is 18.4. The zero-order valence-corrected chi connectivity index (χ0v) is 15.1. The highest BCUT2D eigenvalue weighted by atomic mass is 16.5. The van der Waals surface area contributed by atoms with Gasteiger partial charge in [-0.2, -0.15) is 5.10 Å². The van der Waals surface area contributed by atoms with Gasteiger partial charge in [0.15, 0.2) is 5.65 Å². The van der Waals surface area contributed by atoms with Crippen LogP contribution >= 0.6 is 0 Å². The minimum atomic E-state index is -0.0900. The molecule has 0 bridgehead atoms. The maximum Gasteiger partial charge on any atom is 0.253 e. The number of carbonyl (C=O) groups excluding carboxylic acids is 1. The second kappa shape index (κ2) is 8.78. The summed E-state index contributed by atoms with van der Waals surface area (Å²) < 4.78 is 7.37. The molecule has 0 atom stereocenters. The number of unbranched alkanes of at least 4 members (excludes halogenated alkanes) is 1. The van der Waals surface area contributed by atoms with Crippen molar-refractivity contribution in [1.29, 1.82) is 0 Å². The van der Waals surface area contributed by atoms with Gasteiger partial charge in [0.1, 0.15) is 0 Å². The second-order valence-corrected chi connectivity index (χ2v) is 6.29. The molecule has 0 aliphatic rings. The first-order chi connectivity index (χ1) is 11.5. The minimum absolute atomic E-state index is 0.0900. The predicted octanol–water partition coefficient (Wildman–Crippen LogP) is 3.26. The summed E-state index contributed by atoms with van der Waals surface area (Å²) in [6, 6.07) is 2.11. The van der Waals surface area contributed by atoms with Crippen LogP contribution in [0.5, 0.6) is 0 Å². The van der Waals surface area contributed by atoms with Crippen molar-refractivity contribution in [3.63, 3.8) is 0 Å². The first-order valence-electron chi connectivity index (χ1n) is 8.75. The van der Waals surface area contributed by atoms with E-state index in [1.165, 1.54) is 0 Å². The molecular formula is C18H28N4O2. The Labute approximate surface area is 143 Å². The summed E-state index contributed by atoms with van der Waals surface area (Å²) in [6.45, 7) is 10.2. The predicted molar refractivity (Wildman–Crippen MR) is 95.3 cm³/mol. The summed E-state index contributed by atoms with van der Waals surface area (Å²) in [5.41, 5.74) is 2.16. The Morgan fingerprint density at radius 3 is 2.79 bits per heavy atom. The van der Waals surface area contributed by atoms with E-state index < -0.39 is 0 Å². The van der Waals surface area contributed by atoms with E-state index in [0.29, 0.717) is 18.7 Å². The number of hydrogen-bond acceptors (Lipinski definition) is 4. The summed E-state index contributed by atoms with van der Waals surface area (Å²) in [5.74, 6) is -0.0900. The number of amides is 1. The van der Waals surface area contributed by atoms with Crippen LogP contribution < -0.4 is 5.32 Å². The zero-order valence-electron chi connectivity index (χ0n) is 15.1.